The molecule has 0 rings (SSSR count). The molecule has 0 aromatic heterocycles. The Hall–Kier alpha value is -1.71. The number of hydrogen-bond donors (Lipinski definition) is 2. The molecule has 0 aromatic carbocycles. The molecule has 3 unspecified atom stereocenters. The first-order chi connectivity index (χ1) is 30.0. The number of nitrogens with one attached hydrogen (secondary N) is 1. The zero-order valence-electron chi connectivity index (χ0n) is 43.3. The van der Waals surface area contributed by atoms with E-state index in [9.17, 15) is 14.4 Å². The summed E-state index contributed by atoms with van der Waals surface area (Å²) < 4.78 is 23.5. The number of carbonyl (C=O) groups is 3. The number of carbonyl (C=O) groups excluding carboxylic acids is 3. The molecule has 0 heterocycles. The molecule has 0 saturated carbocycles. The van der Waals surface area contributed by atoms with Crippen molar-refractivity contribution in [2.24, 2.45) is 11.7 Å². The number of esters is 2. The van der Waals surface area contributed by atoms with Gasteiger partial charge in [0.05, 0.1) is 24.4 Å². The molecule has 0 aromatic rings. The normalized spacial score (nSPS) is 14.0. The Morgan fingerprint density at radius 2 is 0.921 bits per heavy atom. The Balaban J connectivity index is 4.75. The summed E-state index contributed by atoms with van der Waals surface area (Å²) in [5, 5.41) is 2.84. The third kappa shape index (κ3) is 41.5. The van der Waals surface area contributed by atoms with Gasteiger partial charge in [0, 0.05) is 25.4 Å². The van der Waals surface area contributed by atoms with Crippen LogP contribution >= 0.6 is 0 Å². The van der Waals surface area contributed by atoms with Crippen LogP contribution in [-0.2, 0) is 33.3 Å². The highest BCUT2D eigenvalue weighted by atomic mass is 16.6. The molecule has 0 fully saturated rings. The maximum atomic E-state index is 13.3. The lowest BCUT2D eigenvalue weighted by atomic mass is 9.97. The predicted octanol–water partition coefficient (Wildman–Crippen LogP) is 14.8. The first-order valence-electron chi connectivity index (χ1n) is 26.8. The van der Waals surface area contributed by atoms with Gasteiger partial charge in [0.25, 0.3) is 0 Å². The van der Waals surface area contributed by atoms with Crippen LogP contribution in [0.4, 0.5) is 0 Å². The minimum Gasteiger partial charge on any atom is -0.463 e. The average Bonchev–Trinajstić information content (AvgIpc) is 3.20. The Morgan fingerprint density at radius 1 is 0.540 bits per heavy atom. The maximum absolute atomic E-state index is 13.3. The molecule has 0 radical (unpaired) electrons. The molecule has 0 spiro atoms. The second kappa shape index (κ2) is 39.5. The molecule has 9 heteroatoms. The molecule has 0 bridgehead atoms. The highest BCUT2D eigenvalue weighted by Crippen LogP contribution is 2.26. The maximum Gasteiger partial charge on any atom is 0.349 e. The fourth-order valence-electron chi connectivity index (χ4n) is 8.34. The van der Waals surface area contributed by atoms with E-state index in [0.29, 0.717) is 13.0 Å². The van der Waals surface area contributed by atoms with Crippen molar-refractivity contribution in [3.8, 4) is 0 Å². The van der Waals surface area contributed by atoms with Crippen molar-refractivity contribution in [1.29, 1.82) is 0 Å². The van der Waals surface area contributed by atoms with Crippen molar-refractivity contribution in [2.45, 2.75) is 304 Å². The van der Waals surface area contributed by atoms with Crippen LogP contribution in [0.25, 0.3) is 0 Å². The monoisotopic (exact) mass is 895 g/mol. The van der Waals surface area contributed by atoms with Crippen LogP contribution in [0.5, 0.6) is 0 Å². The number of unbranched alkanes of at least 4 members (excludes halogenated alkanes) is 29. The topological polar surface area (TPSA) is 126 Å². The van der Waals surface area contributed by atoms with Gasteiger partial charge in [-0.05, 0) is 60.8 Å². The minimum absolute atomic E-state index is 0.149. The molecular weight excluding hydrogens is 789 g/mol. The molecule has 0 aliphatic rings. The van der Waals surface area contributed by atoms with Gasteiger partial charge in [-0.25, -0.2) is 4.79 Å². The van der Waals surface area contributed by atoms with Gasteiger partial charge < -0.3 is 30.0 Å². The summed E-state index contributed by atoms with van der Waals surface area (Å²) in [6.45, 7) is 18.7. The van der Waals surface area contributed by atoms with E-state index in [1.54, 1.807) is 13.8 Å². The average molecular weight is 895 g/mol. The summed E-state index contributed by atoms with van der Waals surface area (Å²) in [5.74, 6) is -1.85. The Bertz CT molecular complexity index is 1090. The van der Waals surface area contributed by atoms with Gasteiger partial charge in [-0.15, -0.1) is 0 Å². The van der Waals surface area contributed by atoms with Crippen LogP contribution in [-0.4, -0.2) is 60.6 Å². The summed E-state index contributed by atoms with van der Waals surface area (Å²) in [5.41, 5.74) is 4.68. The van der Waals surface area contributed by atoms with Crippen molar-refractivity contribution < 1.29 is 33.3 Å². The van der Waals surface area contributed by atoms with Gasteiger partial charge in [-0.3, -0.25) is 9.59 Å². The molecule has 0 aliphatic heterocycles. The van der Waals surface area contributed by atoms with E-state index in [1.165, 1.54) is 161 Å². The fraction of sp³-hybridized carbons (Fsp3) is 0.944. The molecule has 0 saturated heterocycles. The predicted molar refractivity (Wildman–Crippen MR) is 265 cm³/mol. The van der Waals surface area contributed by atoms with E-state index >= 15 is 0 Å². The minimum atomic E-state index is -1.20. The SMILES string of the molecule is CCCCCCCCCCCCCCCCCCOC(=O)C(CNC(=O)C(C)CC(C)(N)OC(C)(C)CCOC(C)(C)C)OC(=O)CCCCCCCCCCCCCCCCC. The lowest BCUT2D eigenvalue weighted by Gasteiger charge is -2.37. The van der Waals surface area contributed by atoms with Gasteiger partial charge in [0.15, 0.2) is 0 Å². The van der Waals surface area contributed by atoms with Crippen molar-refractivity contribution >= 4 is 17.8 Å². The summed E-state index contributed by atoms with van der Waals surface area (Å²) >= 11 is 0. The largest absolute Gasteiger partial charge is 0.463 e. The van der Waals surface area contributed by atoms with E-state index < -0.39 is 35.3 Å². The van der Waals surface area contributed by atoms with Crippen LogP contribution in [0, 0.1) is 5.92 Å². The molecule has 1 amide bonds. The second-order valence-electron chi connectivity index (χ2n) is 20.9. The van der Waals surface area contributed by atoms with E-state index in [0.717, 1.165) is 38.5 Å². The number of rotatable bonds is 45. The third-order valence-electron chi connectivity index (χ3n) is 12.1. The van der Waals surface area contributed by atoms with Crippen LogP contribution < -0.4 is 11.1 Å². The van der Waals surface area contributed by atoms with E-state index in [4.69, 9.17) is 24.7 Å². The summed E-state index contributed by atoms with van der Waals surface area (Å²) in [6.07, 6.45) is 39.0. The van der Waals surface area contributed by atoms with Gasteiger partial charge >= 0.3 is 11.9 Å². The van der Waals surface area contributed by atoms with Crippen LogP contribution in [0.15, 0.2) is 0 Å². The quantitative estimate of drug-likeness (QED) is 0.0352. The van der Waals surface area contributed by atoms with Crippen molar-refractivity contribution in [3.05, 3.63) is 0 Å². The van der Waals surface area contributed by atoms with Gasteiger partial charge in [-0.2, -0.15) is 0 Å². The molecule has 0 aliphatic carbocycles. The molecular formula is C54H106N2O7. The molecule has 374 valence electrons. The number of nitrogens with two attached hydrogens (primary N) is 1. The van der Waals surface area contributed by atoms with E-state index in [2.05, 4.69) is 19.2 Å². The molecule has 9 nitrogen and oxygen atoms in total. The van der Waals surface area contributed by atoms with Gasteiger partial charge in [-0.1, -0.05) is 207 Å². The molecule has 3 N–H and O–H groups in total. The van der Waals surface area contributed by atoms with Crippen molar-refractivity contribution in [2.75, 3.05) is 19.8 Å². The van der Waals surface area contributed by atoms with Crippen molar-refractivity contribution in [1.82, 2.24) is 5.32 Å². The third-order valence-corrected chi connectivity index (χ3v) is 12.1. The van der Waals surface area contributed by atoms with Crippen LogP contribution in [0.1, 0.15) is 281 Å². The summed E-state index contributed by atoms with van der Waals surface area (Å²) in [7, 11) is 0. The zero-order chi connectivity index (χ0) is 47.1. The Morgan fingerprint density at radius 3 is 1.32 bits per heavy atom. The lowest BCUT2D eigenvalue weighted by molar-refractivity contribution is -0.168. The lowest BCUT2D eigenvalue weighted by Crippen LogP contribution is -2.50. The standard InChI is InChI=1S/C54H106N2O7/c1-10-12-14-16-18-20-22-24-26-28-30-32-34-36-38-40-43-60-51(59)48(62-49(57)41-39-37-35-33-31-29-27-25-23-21-19-17-15-13-11-2)46-56-50(58)47(3)45-54(9,55)63-53(7,8)42-44-61-52(4,5)6/h47-48H,10-46,55H2,1-9H3,(H,56,58). The van der Waals surface area contributed by atoms with Crippen LogP contribution in [0.3, 0.4) is 0 Å². The van der Waals surface area contributed by atoms with E-state index in [1.807, 2.05) is 34.6 Å². The second-order valence-corrected chi connectivity index (χ2v) is 20.9. The number of amides is 1. The molecule has 63 heavy (non-hydrogen) atoms. The fourth-order valence-corrected chi connectivity index (χ4v) is 8.34. The summed E-state index contributed by atoms with van der Waals surface area (Å²) in [6, 6.07) is 0. The first kappa shape index (κ1) is 61.3. The number of ether oxygens (including phenoxy) is 4. The zero-order valence-corrected chi connectivity index (χ0v) is 43.3. The van der Waals surface area contributed by atoms with Crippen molar-refractivity contribution in [3.63, 3.8) is 0 Å². The highest BCUT2D eigenvalue weighted by Gasteiger charge is 2.34. The summed E-state index contributed by atoms with van der Waals surface area (Å²) in [4.78, 5) is 39.5. The Kier molecular flexibility index (Phi) is 38.4. The smallest absolute Gasteiger partial charge is 0.349 e. The van der Waals surface area contributed by atoms with Gasteiger partial charge in [0.1, 0.15) is 5.72 Å². The molecule has 3 atom stereocenters. The van der Waals surface area contributed by atoms with E-state index in [-0.39, 0.29) is 37.5 Å². The number of hydrogen-bond acceptors (Lipinski definition) is 8. The highest BCUT2D eigenvalue weighted by molar-refractivity contribution is 5.82. The Labute approximate surface area is 390 Å². The van der Waals surface area contributed by atoms with Gasteiger partial charge in [0.2, 0.25) is 12.0 Å². The first-order valence-corrected chi connectivity index (χ1v) is 26.8. The van der Waals surface area contributed by atoms with Crippen LogP contribution in [0.2, 0.25) is 0 Å².